The molecule has 10 heteroatoms. The highest BCUT2D eigenvalue weighted by Crippen LogP contribution is 2.23. The molecule has 31 heavy (non-hydrogen) atoms. The second-order valence-electron chi connectivity index (χ2n) is 7.93. The van der Waals surface area contributed by atoms with Crippen molar-refractivity contribution in [2.24, 2.45) is 7.05 Å². The lowest BCUT2D eigenvalue weighted by atomic mass is 9.96. The largest absolute Gasteiger partial charge is 0.491 e. The first-order valence-corrected chi connectivity index (χ1v) is 10.8. The van der Waals surface area contributed by atoms with Gasteiger partial charge in [-0.2, -0.15) is 4.98 Å². The molecule has 2 aromatic heterocycles. The number of halogens is 1. The summed E-state index contributed by atoms with van der Waals surface area (Å²) in [5, 5.41) is 14.6. The molecule has 9 nitrogen and oxygen atoms in total. The Labute approximate surface area is 183 Å². The number of hydrogen-bond acceptors (Lipinski definition) is 6. The van der Waals surface area contributed by atoms with Crippen molar-refractivity contribution in [1.29, 1.82) is 0 Å². The van der Waals surface area contributed by atoms with Crippen LogP contribution in [0.3, 0.4) is 0 Å². The number of aliphatic hydroxyl groups excluding tert-OH is 1. The number of imidazole rings is 1. The van der Waals surface area contributed by atoms with Gasteiger partial charge in [-0.1, -0.05) is 30.9 Å². The first kappa shape index (κ1) is 21.5. The number of aromatic amines is 1. The third kappa shape index (κ3) is 4.77. The molecule has 3 N–H and O–H groups in total. The van der Waals surface area contributed by atoms with Crippen molar-refractivity contribution in [3.63, 3.8) is 0 Å². The van der Waals surface area contributed by atoms with Crippen molar-refractivity contribution in [2.45, 2.75) is 50.8 Å². The summed E-state index contributed by atoms with van der Waals surface area (Å²) in [6.07, 6.45) is 4.60. The first-order valence-electron chi connectivity index (χ1n) is 10.4. The summed E-state index contributed by atoms with van der Waals surface area (Å²) >= 11 is 5.88. The van der Waals surface area contributed by atoms with Crippen LogP contribution in [-0.2, 0) is 13.6 Å². The van der Waals surface area contributed by atoms with E-state index in [1.165, 1.54) is 11.0 Å². The van der Waals surface area contributed by atoms with Gasteiger partial charge in [0.1, 0.15) is 18.5 Å². The minimum Gasteiger partial charge on any atom is -0.491 e. The molecular formula is C21H26ClN5O4. The Hall–Kier alpha value is -2.78. The van der Waals surface area contributed by atoms with Gasteiger partial charge in [-0.15, -0.1) is 0 Å². The molecule has 0 aliphatic heterocycles. The summed E-state index contributed by atoms with van der Waals surface area (Å²) in [5.41, 5.74) is -0.546. The van der Waals surface area contributed by atoms with Crippen molar-refractivity contribution in [1.82, 2.24) is 19.1 Å². The lowest BCUT2D eigenvalue weighted by Crippen LogP contribution is -2.31. The van der Waals surface area contributed by atoms with E-state index in [4.69, 9.17) is 16.3 Å². The van der Waals surface area contributed by atoms with E-state index in [1.54, 1.807) is 35.9 Å². The SMILES string of the molecule is Cn1c(=O)[nH]c(=O)c2c1nc(NC1CCCCC1)n2C[C@@H](O)COc1ccc(Cl)cc1. The van der Waals surface area contributed by atoms with Crippen LogP contribution in [0.25, 0.3) is 11.2 Å². The zero-order valence-corrected chi connectivity index (χ0v) is 18.1. The molecule has 0 saturated heterocycles. The van der Waals surface area contributed by atoms with Crippen LogP contribution in [0.1, 0.15) is 32.1 Å². The maximum Gasteiger partial charge on any atom is 0.329 e. The van der Waals surface area contributed by atoms with Crippen LogP contribution in [0, 0.1) is 0 Å². The van der Waals surface area contributed by atoms with Crippen molar-refractivity contribution >= 4 is 28.7 Å². The number of fused-ring (bicyclic) bond motifs is 1. The molecule has 3 aromatic rings. The monoisotopic (exact) mass is 447 g/mol. The number of nitrogens with one attached hydrogen (secondary N) is 2. The van der Waals surface area contributed by atoms with Gasteiger partial charge in [-0.05, 0) is 37.1 Å². The Kier molecular flexibility index (Phi) is 6.33. The third-order valence-electron chi connectivity index (χ3n) is 5.59. The quantitative estimate of drug-likeness (QED) is 0.512. The number of aliphatic hydroxyl groups is 1. The minimum atomic E-state index is -0.906. The van der Waals surface area contributed by atoms with Crippen LogP contribution in [-0.4, -0.2) is 43.0 Å². The van der Waals surface area contributed by atoms with E-state index in [1.807, 2.05) is 0 Å². The van der Waals surface area contributed by atoms with Gasteiger partial charge in [0.15, 0.2) is 11.2 Å². The summed E-state index contributed by atoms with van der Waals surface area (Å²) in [7, 11) is 1.56. The number of aromatic nitrogens is 4. The Bertz CT molecular complexity index is 1160. The Balaban J connectivity index is 1.61. The van der Waals surface area contributed by atoms with Gasteiger partial charge in [-0.25, -0.2) is 4.79 Å². The zero-order valence-electron chi connectivity index (χ0n) is 17.3. The summed E-state index contributed by atoms with van der Waals surface area (Å²) in [6.45, 7) is 0.105. The fourth-order valence-electron chi connectivity index (χ4n) is 3.94. The zero-order chi connectivity index (χ0) is 22.0. The lowest BCUT2D eigenvalue weighted by molar-refractivity contribution is 0.0938. The van der Waals surface area contributed by atoms with Crippen molar-refractivity contribution in [3.05, 3.63) is 50.1 Å². The van der Waals surface area contributed by atoms with Gasteiger partial charge in [-0.3, -0.25) is 14.3 Å². The molecule has 4 rings (SSSR count). The minimum absolute atomic E-state index is 0.0217. The van der Waals surface area contributed by atoms with Crippen LogP contribution in [0.5, 0.6) is 5.75 Å². The Morgan fingerprint density at radius 1 is 1.26 bits per heavy atom. The van der Waals surface area contributed by atoms with Crippen LogP contribution in [0.4, 0.5) is 5.95 Å². The highest BCUT2D eigenvalue weighted by atomic mass is 35.5. The van der Waals surface area contributed by atoms with Gasteiger partial charge in [0.25, 0.3) is 5.56 Å². The van der Waals surface area contributed by atoms with E-state index in [0.717, 1.165) is 25.7 Å². The Morgan fingerprint density at radius 2 is 1.97 bits per heavy atom. The van der Waals surface area contributed by atoms with Gasteiger partial charge in [0.2, 0.25) is 5.95 Å². The van der Waals surface area contributed by atoms with Crippen LogP contribution in [0.15, 0.2) is 33.9 Å². The fraction of sp³-hybridized carbons (Fsp3) is 0.476. The standard InChI is InChI=1S/C21H26ClN5O4/c1-26-18-17(19(29)25-21(26)30)27(20(24-18)23-14-5-3-2-4-6-14)11-15(28)12-31-16-9-7-13(22)8-10-16/h7-10,14-15,28H,2-6,11-12H2,1H3,(H,23,24)(H,25,29,30)/t15-/m1/s1. The van der Waals surface area contributed by atoms with Crippen LogP contribution in [0.2, 0.25) is 5.02 Å². The number of rotatable bonds is 7. The molecule has 2 heterocycles. The van der Waals surface area contributed by atoms with E-state index in [2.05, 4.69) is 15.3 Å². The van der Waals surface area contributed by atoms with Crippen LogP contribution < -0.4 is 21.3 Å². The molecular weight excluding hydrogens is 422 g/mol. The molecule has 1 atom stereocenters. The molecule has 0 radical (unpaired) electrons. The summed E-state index contributed by atoms with van der Waals surface area (Å²) in [6, 6.07) is 7.09. The summed E-state index contributed by atoms with van der Waals surface area (Å²) in [5.74, 6) is 1.05. The van der Waals surface area contributed by atoms with Crippen LogP contribution >= 0.6 is 11.6 Å². The summed E-state index contributed by atoms with van der Waals surface area (Å²) < 4.78 is 8.58. The molecule has 0 bridgehead atoms. The van der Waals surface area contributed by atoms with E-state index >= 15 is 0 Å². The van der Waals surface area contributed by atoms with Gasteiger partial charge in [0, 0.05) is 18.1 Å². The number of benzene rings is 1. The van der Waals surface area contributed by atoms with E-state index in [-0.39, 0.29) is 30.4 Å². The summed E-state index contributed by atoms with van der Waals surface area (Å²) in [4.78, 5) is 31.5. The predicted octanol–water partition coefficient (Wildman–Crippen LogP) is 2.26. The molecule has 1 saturated carbocycles. The van der Waals surface area contributed by atoms with Crippen molar-refractivity contribution in [3.8, 4) is 5.75 Å². The number of ether oxygens (including phenoxy) is 1. The molecule has 0 unspecified atom stereocenters. The normalized spacial score (nSPS) is 15.8. The number of nitrogens with zero attached hydrogens (tertiary/aromatic N) is 3. The van der Waals surface area contributed by atoms with E-state index in [0.29, 0.717) is 16.7 Å². The maximum atomic E-state index is 12.6. The maximum absolute atomic E-state index is 12.6. The van der Waals surface area contributed by atoms with Crippen molar-refractivity contribution in [2.75, 3.05) is 11.9 Å². The van der Waals surface area contributed by atoms with Gasteiger partial charge >= 0.3 is 5.69 Å². The van der Waals surface area contributed by atoms with Crippen molar-refractivity contribution < 1.29 is 9.84 Å². The second-order valence-corrected chi connectivity index (χ2v) is 8.37. The second kappa shape index (κ2) is 9.15. The lowest BCUT2D eigenvalue weighted by Gasteiger charge is -2.24. The number of anilines is 1. The Morgan fingerprint density at radius 3 is 2.68 bits per heavy atom. The molecule has 1 aromatic carbocycles. The van der Waals surface area contributed by atoms with E-state index < -0.39 is 17.4 Å². The fourth-order valence-corrected chi connectivity index (χ4v) is 4.06. The number of aryl methyl sites for hydroxylation is 1. The van der Waals surface area contributed by atoms with Gasteiger partial charge in [0.05, 0.1) is 6.54 Å². The average Bonchev–Trinajstić information content (AvgIpc) is 3.11. The molecule has 1 aliphatic rings. The number of H-pyrrole nitrogens is 1. The highest BCUT2D eigenvalue weighted by Gasteiger charge is 2.22. The predicted molar refractivity (Wildman–Crippen MR) is 119 cm³/mol. The number of hydrogen-bond donors (Lipinski definition) is 3. The molecule has 166 valence electrons. The molecule has 1 aliphatic carbocycles. The average molecular weight is 448 g/mol. The van der Waals surface area contributed by atoms with Gasteiger partial charge < -0.3 is 19.7 Å². The topological polar surface area (TPSA) is 114 Å². The molecule has 1 fully saturated rings. The third-order valence-corrected chi connectivity index (χ3v) is 5.85. The first-order chi connectivity index (χ1) is 14.9. The highest BCUT2D eigenvalue weighted by molar-refractivity contribution is 6.30. The van der Waals surface area contributed by atoms with E-state index in [9.17, 15) is 14.7 Å². The molecule has 0 spiro atoms. The smallest absolute Gasteiger partial charge is 0.329 e. The molecule has 0 amide bonds.